The third kappa shape index (κ3) is 5.24. The van der Waals surface area contributed by atoms with E-state index in [2.05, 4.69) is 15.0 Å². The zero-order chi connectivity index (χ0) is 21.8. The van der Waals surface area contributed by atoms with Gasteiger partial charge in [-0.2, -0.15) is 0 Å². The number of nitrogens with one attached hydrogen (secondary N) is 2. The first kappa shape index (κ1) is 21.8. The van der Waals surface area contributed by atoms with Gasteiger partial charge in [0.05, 0.1) is 10.9 Å². The smallest absolute Gasteiger partial charge is 0.263 e. The predicted octanol–water partition coefficient (Wildman–Crippen LogP) is 3.78. The van der Waals surface area contributed by atoms with Crippen LogP contribution in [-0.4, -0.2) is 38.4 Å². The highest BCUT2D eigenvalue weighted by Crippen LogP contribution is 2.25. The molecule has 4 rings (SSSR count). The number of benzene rings is 2. The molecule has 0 spiro atoms. The standard InChI is InChI=1S/C21H21ClN4O3S2.H2/c22-16-3-1-15(2-4-16)9-11-23-19-10-13-26(20(19)27)17-5-7-18(8-6-17)31(28,29)25-21-24-12-14-30-21;/h1-8,12,14,19,23H,9-11,13H2,(H,24,25);1H. The summed E-state index contributed by atoms with van der Waals surface area (Å²) in [5.74, 6) is -0.00683. The first-order valence-corrected chi connectivity index (χ1v) is 12.5. The Balaban J connectivity index is 0.00000289. The van der Waals surface area contributed by atoms with E-state index in [1.807, 2.05) is 24.3 Å². The molecule has 31 heavy (non-hydrogen) atoms. The average molecular weight is 479 g/mol. The van der Waals surface area contributed by atoms with Gasteiger partial charge in [0.2, 0.25) is 5.91 Å². The molecule has 1 amide bonds. The number of nitrogens with zero attached hydrogens (tertiary/aromatic N) is 2. The fourth-order valence-corrected chi connectivity index (χ4v) is 5.34. The van der Waals surface area contributed by atoms with E-state index in [-0.39, 0.29) is 18.3 Å². The largest absolute Gasteiger partial charge is 0.311 e. The summed E-state index contributed by atoms with van der Waals surface area (Å²) in [6, 6.07) is 13.7. The molecule has 1 atom stereocenters. The number of hydrogen-bond acceptors (Lipinski definition) is 6. The highest BCUT2D eigenvalue weighted by molar-refractivity contribution is 7.93. The van der Waals surface area contributed by atoms with Crippen LogP contribution in [0.25, 0.3) is 0 Å². The van der Waals surface area contributed by atoms with Crippen molar-refractivity contribution >= 4 is 49.7 Å². The fraction of sp³-hybridized carbons (Fsp3) is 0.238. The Bertz CT molecular complexity index is 1140. The van der Waals surface area contributed by atoms with Crippen LogP contribution in [0.3, 0.4) is 0 Å². The van der Waals surface area contributed by atoms with E-state index in [1.54, 1.807) is 22.4 Å². The van der Waals surface area contributed by atoms with E-state index in [4.69, 9.17) is 11.6 Å². The van der Waals surface area contributed by atoms with Gasteiger partial charge in [0.25, 0.3) is 10.0 Å². The van der Waals surface area contributed by atoms with Crippen molar-refractivity contribution in [3.8, 4) is 0 Å². The maximum Gasteiger partial charge on any atom is 0.263 e. The van der Waals surface area contributed by atoms with Crippen LogP contribution >= 0.6 is 22.9 Å². The minimum atomic E-state index is -3.72. The predicted molar refractivity (Wildman–Crippen MR) is 125 cm³/mol. The van der Waals surface area contributed by atoms with Crippen molar-refractivity contribution in [2.45, 2.75) is 23.8 Å². The van der Waals surface area contributed by atoms with Crippen molar-refractivity contribution < 1.29 is 14.6 Å². The lowest BCUT2D eigenvalue weighted by atomic mass is 10.1. The van der Waals surface area contributed by atoms with Crippen molar-refractivity contribution in [2.75, 3.05) is 22.7 Å². The van der Waals surface area contributed by atoms with Crippen LogP contribution in [0.15, 0.2) is 65.0 Å². The van der Waals surface area contributed by atoms with Gasteiger partial charge in [-0.25, -0.2) is 13.4 Å². The molecule has 2 heterocycles. The Hall–Kier alpha value is -2.46. The van der Waals surface area contributed by atoms with Crippen molar-refractivity contribution in [3.63, 3.8) is 0 Å². The van der Waals surface area contributed by atoms with Gasteiger partial charge in [-0.05, 0) is 61.3 Å². The number of amides is 1. The summed E-state index contributed by atoms with van der Waals surface area (Å²) in [6.45, 7) is 1.27. The molecular formula is C21H23ClN4O3S2. The number of sulfonamides is 1. The van der Waals surface area contributed by atoms with Crippen LogP contribution in [0.1, 0.15) is 13.4 Å². The topological polar surface area (TPSA) is 91.4 Å². The summed E-state index contributed by atoms with van der Waals surface area (Å²) in [7, 11) is -3.72. The van der Waals surface area contributed by atoms with Gasteiger partial charge in [0.15, 0.2) is 5.13 Å². The van der Waals surface area contributed by atoms with Crippen LogP contribution < -0.4 is 14.9 Å². The molecule has 0 aliphatic carbocycles. The zero-order valence-corrected chi connectivity index (χ0v) is 18.9. The minimum absolute atomic E-state index is 0. The van der Waals surface area contributed by atoms with Gasteiger partial charge in [0, 0.05) is 30.3 Å². The Morgan fingerprint density at radius 3 is 2.58 bits per heavy atom. The highest BCUT2D eigenvalue weighted by atomic mass is 35.5. The van der Waals surface area contributed by atoms with Crippen molar-refractivity contribution in [1.29, 1.82) is 0 Å². The minimum Gasteiger partial charge on any atom is -0.311 e. The molecule has 1 saturated heterocycles. The summed E-state index contributed by atoms with van der Waals surface area (Å²) >= 11 is 7.11. The molecule has 2 N–H and O–H groups in total. The molecule has 2 aromatic carbocycles. The number of anilines is 2. The SMILES string of the molecule is O=C1C(NCCc2ccc(Cl)cc2)CCN1c1ccc(S(=O)(=O)Nc2nccs2)cc1.[HH]. The molecule has 10 heteroatoms. The Morgan fingerprint density at radius 2 is 1.90 bits per heavy atom. The van der Waals surface area contributed by atoms with Crippen LogP contribution in [-0.2, 0) is 21.2 Å². The maximum absolute atomic E-state index is 12.8. The number of carbonyl (C=O) groups excluding carboxylic acids is 1. The van der Waals surface area contributed by atoms with Crippen LogP contribution in [0.2, 0.25) is 5.02 Å². The van der Waals surface area contributed by atoms with Crippen molar-refractivity contribution in [3.05, 3.63) is 70.7 Å². The van der Waals surface area contributed by atoms with E-state index in [0.717, 1.165) is 12.0 Å². The second-order valence-corrected chi connectivity index (χ2v) is 10.1. The molecule has 1 aliphatic rings. The number of halogens is 1. The van der Waals surface area contributed by atoms with Crippen LogP contribution in [0, 0.1) is 0 Å². The van der Waals surface area contributed by atoms with Gasteiger partial charge in [0.1, 0.15) is 0 Å². The van der Waals surface area contributed by atoms with Gasteiger partial charge in [-0.15, -0.1) is 11.3 Å². The van der Waals surface area contributed by atoms with E-state index in [9.17, 15) is 13.2 Å². The van der Waals surface area contributed by atoms with Crippen molar-refractivity contribution in [2.24, 2.45) is 0 Å². The molecular weight excluding hydrogens is 456 g/mol. The normalized spacial score (nSPS) is 16.6. The molecule has 164 valence electrons. The number of carbonyl (C=O) groups is 1. The summed E-state index contributed by atoms with van der Waals surface area (Å²) in [4.78, 5) is 18.5. The van der Waals surface area contributed by atoms with Gasteiger partial charge < -0.3 is 10.2 Å². The van der Waals surface area contributed by atoms with E-state index in [0.29, 0.717) is 35.4 Å². The molecule has 7 nitrogen and oxygen atoms in total. The van der Waals surface area contributed by atoms with E-state index in [1.165, 1.54) is 29.7 Å². The molecule has 1 fully saturated rings. The fourth-order valence-electron chi connectivity index (χ4n) is 3.42. The van der Waals surface area contributed by atoms with E-state index < -0.39 is 10.0 Å². The number of rotatable bonds is 8. The first-order valence-electron chi connectivity index (χ1n) is 9.74. The monoisotopic (exact) mass is 478 g/mol. The molecule has 1 unspecified atom stereocenters. The number of thiazole rings is 1. The third-order valence-electron chi connectivity index (χ3n) is 5.04. The maximum atomic E-state index is 12.8. The lowest BCUT2D eigenvalue weighted by Gasteiger charge is -2.18. The van der Waals surface area contributed by atoms with Gasteiger partial charge in [-0.3, -0.25) is 9.52 Å². The molecule has 0 saturated carbocycles. The second kappa shape index (κ2) is 9.35. The van der Waals surface area contributed by atoms with Gasteiger partial charge >= 0.3 is 0 Å². The third-order valence-corrected chi connectivity index (χ3v) is 7.46. The van der Waals surface area contributed by atoms with Crippen molar-refractivity contribution in [1.82, 2.24) is 10.3 Å². The summed E-state index contributed by atoms with van der Waals surface area (Å²) in [6.07, 6.45) is 3.04. The summed E-state index contributed by atoms with van der Waals surface area (Å²) < 4.78 is 27.4. The number of hydrogen-bond donors (Lipinski definition) is 2. The Kier molecular flexibility index (Phi) is 6.57. The molecule has 1 aliphatic heterocycles. The summed E-state index contributed by atoms with van der Waals surface area (Å²) in [5, 5.41) is 6.03. The molecule has 1 aromatic heterocycles. The summed E-state index contributed by atoms with van der Waals surface area (Å²) in [5.41, 5.74) is 1.84. The lowest BCUT2D eigenvalue weighted by Crippen LogP contribution is -2.39. The quantitative estimate of drug-likeness (QED) is 0.514. The second-order valence-electron chi connectivity index (χ2n) is 7.10. The molecule has 3 aromatic rings. The van der Waals surface area contributed by atoms with Crippen LogP contribution in [0.5, 0.6) is 0 Å². The lowest BCUT2D eigenvalue weighted by molar-refractivity contribution is -0.118. The first-order chi connectivity index (χ1) is 14.9. The Morgan fingerprint density at radius 1 is 1.16 bits per heavy atom. The highest BCUT2D eigenvalue weighted by Gasteiger charge is 2.32. The van der Waals surface area contributed by atoms with E-state index >= 15 is 0 Å². The molecule has 0 radical (unpaired) electrons. The number of aromatic nitrogens is 1. The molecule has 0 bridgehead atoms. The van der Waals surface area contributed by atoms with Gasteiger partial charge in [-0.1, -0.05) is 23.7 Å². The average Bonchev–Trinajstić information content (AvgIpc) is 3.39. The van der Waals surface area contributed by atoms with Crippen LogP contribution in [0.4, 0.5) is 10.8 Å². The zero-order valence-electron chi connectivity index (χ0n) is 16.5. The Labute approximate surface area is 191 Å².